The van der Waals surface area contributed by atoms with Crippen molar-refractivity contribution in [3.63, 3.8) is 0 Å². The third kappa shape index (κ3) is 4.16. The quantitative estimate of drug-likeness (QED) is 0.619. The zero-order valence-corrected chi connectivity index (χ0v) is 10.2. The monoisotopic (exact) mass is 258 g/mol. The van der Waals surface area contributed by atoms with Gasteiger partial charge in [-0.15, -0.1) is 0 Å². The number of aliphatic hydroxyl groups excluding tert-OH is 1. The molecule has 0 bridgehead atoms. The number of rotatable bonds is 5. The Balaban J connectivity index is 2.71. The Morgan fingerprint density at radius 3 is 2.35 bits per heavy atom. The van der Waals surface area contributed by atoms with Gasteiger partial charge in [0.1, 0.15) is 0 Å². The topological polar surface area (TPSA) is 80.7 Å². The van der Waals surface area contributed by atoms with Crippen LogP contribution in [0.1, 0.15) is 16.8 Å². The summed E-state index contributed by atoms with van der Waals surface area (Å²) < 4.78 is 27.2. The fourth-order valence-electron chi connectivity index (χ4n) is 1.15. The van der Waals surface area contributed by atoms with Crippen LogP contribution < -0.4 is 0 Å². The number of aliphatic hydroxyl groups is 1. The number of esters is 1. The Hall–Kier alpha value is -1.40. The first kappa shape index (κ1) is 13.7. The fraction of sp³-hybridized carbons (Fsp3) is 0.364. The van der Waals surface area contributed by atoms with Crippen LogP contribution in [0, 0.1) is 0 Å². The van der Waals surface area contributed by atoms with Gasteiger partial charge in [0.2, 0.25) is 0 Å². The maximum Gasteiger partial charge on any atom is 0.338 e. The van der Waals surface area contributed by atoms with Crippen molar-refractivity contribution in [2.75, 3.05) is 19.5 Å². The lowest BCUT2D eigenvalue weighted by Crippen LogP contribution is -2.07. The van der Waals surface area contributed by atoms with Gasteiger partial charge in [0.05, 0.1) is 17.1 Å². The molecule has 0 unspecified atom stereocenters. The summed E-state index contributed by atoms with van der Waals surface area (Å²) in [5.74, 6) is -0.529. The lowest BCUT2D eigenvalue weighted by Gasteiger charge is -2.04. The largest absolute Gasteiger partial charge is 0.462 e. The molecule has 17 heavy (non-hydrogen) atoms. The van der Waals surface area contributed by atoms with Crippen molar-refractivity contribution >= 4 is 15.8 Å². The van der Waals surface area contributed by atoms with Crippen LogP contribution in [-0.4, -0.2) is 39.0 Å². The number of hydrogen-bond donors (Lipinski definition) is 1. The number of hydrogen-bond acceptors (Lipinski definition) is 5. The Kier molecular flexibility index (Phi) is 4.65. The molecule has 0 fully saturated rings. The molecule has 0 spiro atoms. The summed E-state index contributed by atoms with van der Waals surface area (Å²) >= 11 is 0. The van der Waals surface area contributed by atoms with E-state index < -0.39 is 15.8 Å². The molecule has 0 radical (unpaired) electrons. The highest BCUT2D eigenvalue weighted by Gasteiger charge is 2.10. The molecule has 94 valence electrons. The van der Waals surface area contributed by atoms with E-state index in [1.807, 2.05) is 0 Å². The second kappa shape index (κ2) is 5.79. The first-order valence-corrected chi connectivity index (χ1v) is 6.92. The molecule has 1 aromatic rings. The minimum atomic E-state index is -3.25. The average Bonchev–Trinajstić information content (AvgIpc) is 2.28. The van der Waals surface area contributed by atoms with Crippen LogP contribution in [0.2, 0.25) is 0 Å². The van der Waals surface area contributed by atoms with Crippen LogP contribution in [0.3, 0.4) is 0 Å². The number of benzene rings is 1. The summed E-state index contributed by atoms with van der Waals surface area (Å²) in [5, 5.41) is 8.52. The Morgan fingerprint density at radius 2 is 1.88 bits per heavy atom. The van der Waals surface area contributed by atoms with Crippen molar-refractivity contribution < 1.29 is 23.1 Å². The number of sulfone groups is 1. The molecule has 0 amide bonds. The van der Waals surface area contributed by atoms with Gasteiger partial charge in [-0.05, 0) is 24.3 Å². The summed E-state index contributed by atoms with van der Waals surface area (Å²) in [4.78, 5) is 11.6. The highest BCUT2D eigenvalue weighted by atomic mass is 32.2. The van der Waals surface area contributed by atoms with Gasteiger partial charge in [-0.1, -0.05) is 0 Å². The minimum absolute atomic E-state index is 0.0414. The van der Waals surface area contributed by atoms with Gasteiger partial charge in [0, 0.05) is 19.3 Å². The van der Waals surface area contributed by atoms with E-state index in [-0.39, 0.29) is 23.7 Å². The molecule has 0 saturated heterocycles. The van der Waals surface area contributed by atoms with E-state index in [1.54, 1.807) is 0 Å². The first-order chi connectivity index (χ1) is 7.95. The smallest absolute Gasteiger partial charge is 0.338 e. The third-order valence-corrected chi connectivity index (χ3v) is 3.18. The maximum atomic E-state index is 11.4. The highest BCUT2D eigenvalue weighted by molar-refractivity contribution is 7.90. The summed E-state index contributed by atoms with van der Waals surface area (Å²) in [5.41, 5.74) is 0.287. The summed E-state index contributed by atoms with van der Waals surface area (Å²) in [6, 6.07) is 5.52. The molecule has 0 heterocycles. The molecule has 1 aromatic carbocycles. The van der Waals surface area contributed by atoms with Gasteiger partial charge < -0.3 is 9.84 Å². The predicted molar refractivity (Wildman–Crippen MR) is 61.5 cm³/mol. The van der Waals surface area contributed by atoms with Gasteiger partial charge in [0.25, 0.3) is 0 Å². The molecule has 0 aromatic heterocycles. The van der Waals surface area contributed by atoms with Gasteiger partial charge in [-0.2, -0.15) is 0 Å². The second-order valence-electron chi connectivity index (χ2n) is 3.51. The van der Waals surface area contributed by atoms with Crippen molar-refractivity contribution in [2.24, 2.45) is 0 Å². The number of carbonyl (C=O) groups is 1. The van der Waals surface area contributed by atoms with Gasteiger partial charge in [-0.3, -0.25) is 0 Å². The van der Waals surface area contributed by atoms with E-state index in [4.69, 9.17) is 9.84 Å². The van der Waals surface area contributed by atoms with Gasteiger partial charge >= 0.3 is 5.97 Å². The number of carbonyl (C=O) groups excluding carboxylic acids is 1. The van der Waals surface area contributed by atoms with E-state index in [1.165, 1.54) is 24.3 Å². The van der Waals surface area contributed by atoms with E-state index in [0.717, 1.165) is 6.26 Å². The van der Waals surface area contributed by atoms with Crippen molar-refractivity contribution in [2.45, 2.75) is 11.3 Å². The van der Waals surface area contributed by atoms with Gasteiger partial charge in [0.15, 0.2) is 9.84 Å². The molecule has 0 aliphatic carbocycles. The maximum absolute atomic E-state index is 11.4. The third-order valence-electron chi connectivity index (χ3n) is 2.05. The molecule has 1 N–H and O–H groups in total. The van der Waals surface area contributed by atoms with E-state index >= 15 is 0 Å². The fourth-order valence-corrected chi connectivity index (χ4v) is 1.78. The molecule has 0 aliphatic heterocycles. The minimum Gasteiger partial charge on any atom is -0.462 e. The van der Waals surface area contributed by atoms with Crippen molar-refractivity contribution in [1.29, 1.82) is 0 Å². The van der Waals surface area contributed by atoms with Crippen LogP contribution in [0.15, 0.2) is 29.2 Å². The Morgan fingerprint density at radius 1 is 1.29 bits per heavy atom. The SMILES string of the molecule is CS(=O)(=O)c1ccc(C(=O)OCCCO)cc1. The zero-order valence-electron chi connectivity index (χ0n) is 9.42. The molecular formula is C11H14O5S. The van der Waals surface area contributed by atoms with E-state index in [2.05, 4.69) is 0 Å². The molecule has 0 atom stereocenters. The Labute approximate surface area is 100.0 Å². The van der Waals surface area contributed by atoms with E-state index in [0.29, 0.717) is 6.42 Å². The highest BCUT2D eigenvalue weighted by Crippen LogP contribution is 2.11. The standard InChI is InChI=1S/C11H14O5S/c1-17(14,15)10-5-3-9(4-6-10)11(13)16-8-2-7-12/h3-6,12H,2,7-8H2,1H3. The molecule has 0 saturated carbocycles. The lowest BCUT2D eigenvalue weighted by molar-refractivity contribution is 0.0482. The average molecular weight is 258 g/mol. The van der Waals surface area contributed by atoms with Crippen molar-refractivity contribution in [3.05, 3.63) is 29.8 Å². The summed E-state index contributed by atoms with van der Waals surface area (Å²) in [6.45, 7) is 0.101. The summed E-state index contributed by atoms with van der Waals surface area (Å²) in [6.07, 6.45) is 1.48. The predicted octanol–water partition coefficient (Wildman–Crippen LogP) is 0.629. The zero-order chi connectivity index (χ0) is 12.9. The van der Waals surface area contributed by atoms with Crippen LogP contribution in [0.5, 0.6) is 0 Å². The second-order valence-corrected chi connectivity index (χ2v) is 5.53. The molecule has 0 aliphatic rings. The first-order valence-electron chi connectivity index (χ1n) is 5.03. The Bertz CT molecular complexity index is 475. The molecule has 6 heteroatoms. The van der Waals surface area contributed by atoms with E-state index in [9.17, 15) is 13.2 Å². The van der Waals surface area contributed by atoms with Crippen molar-refractivity contribution in [3.8, 4) is 0 Å². The van der Waals surface area contributed by atoms with Crippen LogP contribution >= 0.6 is 0 Å². The van der Waals surface area contributed by atoms with Crippen molar-refractivity contribution in [1.82, 2.24) is 0 Å². The summed E-state index contributed by atoms with van der Waals surface area (Å²) in [7, 11) is -3.25. The normalized spacial score (nSPS) is 11.2. The molecular weight excluding hydrogens is 244 g/mol. The van der Waals surface area contributed by atoms with Gasteiger partial charge in [-0.25, -0.2) is 13.2 Å². The van der Waals surface area contributed by atoms with Crippen LogP contribution in [0.4, 0.5) is 0 Å². The molecule has 5 nitrogen and oxygen atoms in total. The van der Waals surface area contributed by atoms with Crippen LogP contribution in [-0.2, 0) is 14.6 Å². The number of ether oxygens (including phenoxy) is 1. The lowest BCUT2D eigenvalue weighted by atomic mass is 10.2. The van der Waals surface area contributed by atoms with Crippen LogP contribution in [0.25, 0.3) is 0 Å². The molecule has 1 rings (SSSR count).